The molecule has 0 fully saturated rings. The number of benzene rings is 2. The minimum Gasteiger partial charge on any atom is -0.343 e. The highest BCUT2D eigenvalue weighted by Gasteiger charge is 2.26. The Morgan fingerprint density at radius 1 is 1.15 bits per heavy atom. The summed E-state index contributed by atoms with van der Waals surface area (Å²) >= 11 is 0. The van der Waals surface area contributed by atoms with Crippen LogP contribution in [0.15, 0.2) is 47.4 Å². The highest BCUT2D eigenvalue weighted by Crippen LogP contribution is 2.31. The van der Waals surface area contributed by atoms with E-state index in [4.69, 9.17) is 0 Å². The van der Waals surface area contributed by atoms with Crippen molar-refractivity contribution in [1.29, 1.82) is 0 Å². The zero-order valence-electron chi connectivity index (χ0n) is 15.5. The second kappa shape index (κ2) is 5.84. The van der Waals surface area contributed by atoms with Gasteiger partial charge in [0, 0.05) is 30.4 Å². The lowest BCUT2D eigenvalue weighted by molar-refractivity contribution is 0.0991. The van der Waals surface area contributed by atoms with E-state index in [1.54, 1.807) is 18.1 Å². The Kier molecular flexibility index (Phi) is 3.72. The van der Waals surface area contributed by atoms with Crippen molar-refractivity contribution >= 4 is 22.5 Å². The molecule has 3 aromatic rings. The van der Waals surface area contributed by atoms with Crippen molar-refractivity contribution in [3.05, 3.63) is 75.1 Å². The first-order valence-corrected chi connectivity index (χ1v) is 8.90. The maximum Gasteiger partial charge on any atom is 0.263 e. The van der Waals surface area contributed by atoms with Gasteiger partial charge < -0.3 is 9.47 Å². The molecule has 26 heavy (non-hydrogen) atoms. The maximum atomic E-state index is 13.1. The van der Waals surface area contributed by atoms with Gasteiger partial charge in [-0.2, -0.15) is 0 Å². The van der Waals surface area contributed by atoms with E-state index in [9.17, 15) is 9.59 Å². The predicted octanol–water partition coefficient (Wildman–Crippen LogP) is 4.01. The Bertz CT molecular complexity index is 1110. The summed E-state index contributed by atoms with van der Waals surface area (Å²) in [6, 6.07) is 11.9. The molecule has 1 aliphatic rings. The normalized spacial score (nSPS) is 15.5. The second-order valence-electron chi connectivity index (χ2n) is 7.28. The largest absolute Gasteiger partial charge is 0.343 e. The zero-order chi connectivity index (χ0) is 18.6. The van der Waals surface area contributed by atoms with Gasteiger partial charge >= 0.3 is 0 Å². The van der Waals surface area contributed by atoms with Crippen molar-refractivity contribution in [1.82, 2.24) is 4.57 Å². The molecule has 1 aliphatic heterocycles. The molecule has 0 N–H and O–H groups in total. The minimum atomic E-state index is -0.270. The molecule has 132 valence electrons. The van der Waals surface area contributed by atoms with Gasteiger partial charge in [-0.1, -0.05) is 18.2 Å². The molecule has 1 amide bonds. The molecule has 0 saturated heterocycles. The molecule has 1 aromatic heterocycles. The summed E-state index contributed by atoms with van der Waals surface area (Å²) in [6.45, 7) is 6.18. The lowest BCUT2D eigenvalue weighted by atomic mass is 10.1. The van der Waals surface area contributed by atoms with E-state index >= 15 is 0 Å². The number of pyridine rings is 1. The molecule has 0 bridgehead atoms. The van der Waals surface area contributed by atoms with Gasteiger partial charge in [0.15, 0.2) is 0 Å². The van der Waals surface area contributed by atoms with Crippen molar-refractivity contribution in [2.24, 2.45) is 0 Å². The van der Waals surface area contributed by atoms with Gasteiger partial charge in [0.2, 0.25) is 5.43 Å². The number of hydrogen-bond acceptors (Lipinski definition) is 2. The molecule has 0 radical (unpaired) electrons. The van der Waals surface area contributed by atoms with Crippen LogP contribution in [-0.4, -0.2) is 17.5 Å². The molecule has 4 rings (SSSR count). The smallest absolute Gasteiger partial charge is 0.263 e. The Balaban J connectivity index is 1.85. The molecule has 4 nitrogen and oxygen atoms in total. The number of rotatable bonds is 2. The Labute approximate surface area is 152 Å². The number of nitrogens with zero attached hydrogens (tertiary/aromatic N) is 2. The average Bonchev–Trinajstić information content (AvgIpc) is 2.95. The van der Waals surface area contributed by atoms with Crippen LogP contribution in [0, 0.1) is 13.8 Å². The van der Waals surface area contributed by atoms with Crippen LogP contribution < -0.4 is 10.3 Å². The van der Waals surface area contributed by atoms with Crippen molar-refractivity contribution in [3.63, 3.8) is 0 Å². The number of aromatic nitrogens is 1. The number of para-hydroxylation sites is 1. The SMILES string of the molecule is Cc1ccc(N(C)C(=O)c2cn3c4c(cccc4c2=O)C[C@@H]3C)cc1C. The van der Waals surface area contributed by atoms with E-state index in [0.717, 1.165) is 23.2 Å². The molecule has 0 aliphatic carbocycles. The molecule has 0 saturated carbocycles. The zero-order valence-corrected chi connectivity index (χ0v) is 15.5. The molecule has 2 aromatic carbocycles. The fraction of sp³-hybridized carbons (Fsp3) is 0.273. The van der Waals surface area contributed by atoms with Crippen LogP contribution in [0.5, 0.6) is 0 Å². The summed E-state index contributed by atoms with van der Waals surface area (Å²) in [4.78, 5) is 27.7. The van der Waals surface area contributed by atoms with Crippen molar-refractivity contribution in [2.45, 2.75) is 33.2 Å². The van der Waals surface area contributed by atoms with Crippen LogP contribution in [0.1, 0.15) is 40.0 Å². The fourth-order valence-electron chi connectivity index (χ4n) is 3.80. The van der Waals surface area contributed by atoms with Gasteiger partial charge in [0.05, 0.1) is 5.52 Å². The average molecular weight is 346 g/mol. The third-order valence-corrected chi connectivity index (χ3v) is 5.54. The maximum absolute atomic E-state index is 13.1. The van der Waals surface area contributed by atoms with Crippen LogP contribution in [0.4, 0.5) is 5.69 Å². The number of aryl methyl sites for hydroxylation is 2. The van der Waals surface area contributed by atoms with E-state index in [1.807, 2.05) is 44.2 Å². The van der Waals surface area contributed by atoms with Gasteiger partial charge in [-0.05, 0) is 62.1 Å². The van der Waals surface area contributed by atoms with Crippen molar-refractivity contribution in [3.8, 4) is 0 Å². The first-order chi connectivity index (χ1) is 12.4. The Hall–Kier alpha value is -2.88. The second-order valence-corrected chi connectivity index (χ2v) is 7.28. The van der Waals surface area contributed by atoms with Gasteiger partial charge in [-0.25, -0.2) is 0 Å². The van der Waals surface area contributed by atoms with Crippen LogP contribution in [0.3, 0.4) is 0 Å². The van der Waals surface area contributed by atoms with E-state index in [0.29, 0.717) is 5.39 Å². The molecule has 0 spiro atoms. The van der Waals surface area contributed by atoms with Crippen LogP contribution in [0.2, 0.25) is 0 Å². The number of carbonyl (C=O) groups is 1. The summed E-state index contributed by atoms with van der Waals surface area (Å²) in [5.41, 5.74) is 5.27. The predicted molar refractivity (Wildman–Crippen MR) is 105 cm³/mol. The van der Waals surface area contributed by atoms with E-state index < -0.39 is 0 Å². The van der Waals surface area contributed by atoms with Gasteiger partial charge in [-0.15, -0.1) is 0 Å². The Morgan fingerprint density at radius 2 is 1.92 bits per heavy atom. The number of hydrogen-bond donors (Lipinski definition) is 0. The number of carbonyl (C=O) groups excluding carboxylic acids is 1. The van der Waals surface area contributed by atoms with Gasteiger partial charge in [0.1, 0.15) is 5.56 Å². The summed E-state index contributed by atoms with van der Waals surface area (Å²) in [5, 5.41) is 0.631. The van der Waals surface area contributed by atoms with E-state index in [-0.39, 0.29) is 22.9 Å². The summed E-state index contributed by atoms with van der Waals surface area (Å²) in [7, 11) is 1.72. The lowest BCUT2D eigenvalue weighted by Gasteiger charge is -2.20. The summed E-state index contributed by atoms with van der Waals surface area (Å²) < 4.78 is 2.08. The van der Waals surface area contributed by atoms with Crippen LogP contribution in [-0.2, 0) is 6.42 Å². The molecular formula is C22H22N2O2. The highest BCUT2D eigenvalue weighted by atomic mass is 16.2. The lowest BCUT2D eigenvalue weighted by Crippen LogP contribution is -2.31. The first kappa shape index (κ1) is 16.6. The minimum absolute atomic E-state index is 0.187. The third kappa shape index (κ3) is 2.37. The topological polar surface area (TPSA) is 42.3 Å². The van der Waals surface area contributed by atoms with Crippen molar-refractivity contribution < 1.29 is 4.79 Å². The van der Waals surface area contributed by atoms with Crippen LogP contribution in [0.25, 0.3) is 10.9 Å². The van der Waals surface area contributed by atoms with Gasteiger partial charge in [0.25, 0.3) is 5.91 Å². The first-order valence-electron chi connectivity index (χ1n) is 8.90. The summed E-state index contributed by atoms with van der Waals surface area (Å²) in [5.74, 6) is -0.270. The quantitative estimate of drug-likeness (QED) is 0.703. The molecule has 1 atom stereocenters. The monoisotopic (exact) mass is 346 g/mol. The standard InChI is InChI=1S/C22H22N2O2/c1-13-8-9-17(10-14(13)2)23(4)22(26)19-12-24-15(3)11-16-6-5-7-18(20(16)24)21(19)25/h5-10,12,15H,11H2,1-4H3/t15-/m0/s1. The van der Waals surface area contributed by atoms with E-state index in [1.165, 1.54) is 11.1 Å². The number of anilines is 1. The molecule has 0 unspecified atom stereocenters. The fourth-order valence-corrected chi connectivity index (χ4v) is 3.80. The highest BCUT2D eigenvalue weighted by molar-refractivity contribution is 6.07. The Morgan fingerprint density at radius 3 is 2.65 bits per heavy atom. The van der Waals surface area contributed by atoms with E-state index in [2.05, 4.69) is 17.6 Å². The number of amides is 1. The van der Waals surface area contributed by atoms with Crippen molar-refractivity contribution in [2.75, 3.05) is 11.9 Å². The van der Waals surface area contributed by atoms with Gasteiger partial charge in [-0.3, -0.25) is 9.59 Å². The third-order valence-electron chi connectivity index (χ3n) is 5.54. The molecule has 2 heterocycles. The van der Waals surface area contributed by atoms with Crippen LogP contribution >= 0.6 is 0 Å². The molecule has 4 heteroatoms. The molecular weight excluding hydrogens is 324 g/mol. The summed E-state index contributed by atoms with van der Waals surface area (Å²) in [6.07, 6.45) is 2.63.